The largest absolute Gasteiger partial charge is 0.316 e. The first-order chi connectivity index (χ1) is 7.22. The summed E-state index contributed by atoms with van der Waals surface area (Å²) in [5, 5.41) is 11.1. The first kappa shape index (κ1) is 10.3. The number of aromatic nitrogens is 2. The Morgan fingerprint density at radius 3 is 3.20 bits per heavy atom. The lowest BCUT2D eigenvalue weighted by atomic mass is 10.1. The molecule has 0 atom stereocenters. The molecule has 7 heteroatoms. The van der Waals surface area contributed by atoms with Gasteiger partial charge in [-0.15, -0.1) is 0 Å². The third-order valence-electron chi connectivity index (χ3n) is 2.43. The summed E-state index contributed by atoms with van der Waals surface area (Å²) in [6.45, 7) is 1.79. The first-order valence-electron chi connectivity index (χ1n) is 4.75. The van der Waals surface area contributed by atoms with Crippen LogP contribution in [0.4, 0.5) is 5.82 Å². The van der Waals surface area contributed by atoms with E-state index in [2.05, 4.69) is 21.2 Å². The van der Waals surface area contributed by atoms with Crippen LogP contribution in [-0.4, -0.2) is 21.4 Å². The van der Waals surface area contributed by atoms with Crippen molar-refractivity contribution in [2.24, 2.45) is 12.9 Å². The Labute approximate surface area is 93.2 Å². The van der Waals surface area contributed by atoms with E-state index in [4.69, 9.17) is 18.1 Å². The van der Waals surface area contributed by atoms with Crippen molar-refractivity contribution >= 4 is 23.1 Å². The summed E-state index contributed by atoms with van der Waals surface area (Å²) < 4.78 is 1.79. The molecule has 0 radical (unpaired) electrons. The maximum absolute atomic E-state index is 5.22. The van der Waals surface area contributed by atoms with Gasteiger partial charge in [-0.3, -0.25) is 4.68 Å². The molecule has 6 nitrogen and oxygen atoms in total. The number of aryl methyl sites for hydroxylation is 1. The average Bonchev–Trinajstić information content (AvgIpc) is 2.55. The second kappa shape index (κ2) is 4.13. The highest BCUT2D eigenvalue weighted by atomic mass is 32.1. The van der Waals surface area contributed by atoms with Crippen molar-refractivity contribution < 1.29 is 0 Å². The van der Waals surface area contributed by atoms with E-state index in [1.54, 1.807) is 4.68 Å². The summed E-state index contributed by atoms with van der Waals surface area (Å²) in [5.41, 5.74) is 4.69. The fourth-order valence-electron chi connectivity index (χ4n) is 1.73. The van der Waals surface area contributed by atoms with Crippen LogP contribution >= 0.6 is 12.2 Å². The molecule has 0 fully saturated rings. The van der Waals surface area contributed by atoms with Crippen LogP contribution < -0.4 is 21.9 Å². The molecule has 15 heavy (non-hydrogen) atoms. The molecule has 0 saturated heterocycles. The van der Waals surface area contributed by atoms with Crippen molar-refractivity contribution in [3.05, 3.63) is 11.3 Å². The van der Waals surface area contributed by atoms with E-state index in [1.165, 1.54) is 5.56 Å². The molecular weight excluding hydrogens is 212 g/mol. The average molecular weight is 226 g/mol. The summed E-state index contributed by atoms with van der Waals surface area (Å²) in [5.74, 6) is 6.12. The van der Waals surface area contributed by atoms with Crippen molar-refractivity contribution in [1.82, 2.24) is 20.5 Å². The van der Waals surface area contributed by atoms with E-state index in [9.17, 15) is 0 Å². The number of hydrogen-bond acceptors (Lipinski definition) is 4. The maximum atomic E-state index is 5.22. The number of nitrogens with zero attached hydrogens (tertiary/aromatic N) is 2. The summed E-state index contributed by atoms with van der Waals surface area (Å²) in [7, 11) is 1.89. The van der Waals surface area contributed by atoms with E-state index in [-0.39, 0.29) is 0 Å². The summed E-state index contributed by atoms with van der Waals surface area (Å²) in [6, 6.07) is 0. The van der Waals surface area contributed by atoms with Gasteiger partial charge in [0.15, 0.2) is 5.11 Å². The zero-order valence-corrected chi connectivity index (χ0v) is 9.32. The van der Waals surface area contributed by atoms with Gasteiger partial charge < -0.3 is 16.1 Å². The van der Waals surface area contributed by atoms with E-state index in [0.29, 0.717) is 5.11 Å². The fraction of sp³-hybridized carbons (Fsp3) is 0.500. The topological polar surface area (TPSA) is 79.9 Å². The Hall–Kier alpha value is -1.18. The van der Waals surface area contributed by atoms with Crippen LogP contribution in [-0.2, 0) is 20.0 Å². The quantitative estimate of drug-likeness (QED) is 0.286. The summed E-state index contributed by atoms with van der Waals surface area (Å²) in [4.78, 5) is 0. The number of nitrogens with two attached hydrogens (primary N) is 1. The van der Waals surface area contributed by atoms with Gasteiger partial charge in [-0.1, -0.05) is 0 Å². The number of fused-ring (bicyclic) bond motifs is 1. The molecule has 1 aliphatic rings. The molecule has 0 unspecified atom stereocenters. The molecule has 0 bridgehead atoms. The summed E-state index contributed by atoms with van der Waals surface area (Å²) >= 11 is 4.96. The van der Waals surface area contributed by atoms with Crippen molar-refractivity contribution in [1.29, 1.82) is 0 Å². The Balaban J connectivity index is 2.29. The summed E-state index contributed by atoms with van der Waals surface area (Å²) in [6.07, 6.45) is 0.952. The van der Waals surface area contributed by atoms with Gasteiger partial charge in [-0.05, 0) is 12.2 Å². The smallest absolute Gasteiger partial charge is 0.186 e. The van der Waals surface area contributed by atoms with Crippen LogP contribution in [0.2, 0.25) is 0 Å². The van der Waals surface area contributed by atoms with Crippen molar-refractivity contribution in [2.75, 3.05) is 11.9 Å². The Morgan fingerprint density at radius 1 is 1.67 bits per heavy atom. The number of thiocarbonyl (C=S) groups is 1. The molecule has 2 rings (SSSR count). The van der Waals surface area contributed by atoms with Crippen LogP contribution in [0.25, 0.3) is 0 Å². The van der Waals surface area contributed by atoms with E-state index >= 15 is 0 Å². The van der Waals surface area contributed by atoms with Crippen LogP contribution in [0.3, 0.4) is 0 Å². The van der Waals surface area contributed by atoms with Gasteiger partial charge >= 0.3 is 0 Å². The van der Waals surface area contributed by atoms with Gasteiger partial charge in [0.2, 0.25) is 0 Å². The van der Waals surface area contributed by atoms with E-state index in [0.717, 1.165) is 31.0 Å². The second-order valence-corrected chi connectivity index (χ2v) is 3.83. The number of hydrogen-bond donors (Lipinski definition) is 4. The van der Waals surface area contributed by atoms with Gasteiger partial charge in [0.05, 0.1) is 5.69 Å². The monoisotopic (exact) mass is 226 g/mol. The molecule has 0 aromatic carbocycles. The van der Waals surface area contributed by atoms with Crippen LogP contribution in [0.5, 0.6) is 0 Å². The second-order valence-electron chi connectivity index (χ2n) is 3.42. The minimum atomic E-state index is 0.395. The highest BCUT2D eigenvalue weighted by Crippen LogP contribution is 2.21. The lowest BCUT2D eigenvalue weighted by Crippen LogP contribution is -2.35. The molecular formula is C8H14N6S. The van der Waals surface area contributed by atoms with Crippen LogP contribution in [0.15, 0.2) is 0 Å². The van der Waals surface area contributed by atoms with E-state index in [1.807, 2.05) is 7.05 Å². The number of nitrogens with one attached hydrogen (secondary N) is 3. The third kappa shape index (κ3) is 1.94. The molecule has 0 amide bonds. The number of hydrazine groups is 1. The van der Waals surface area contributed by atoms with Crippen molar-refractivity contribution in [3.63, 3.8) is 0 Å². The Morgan fingerprint density at radius 2 is 2.47 bits per heavy atom. The zero-order chi connectivity index (χ0) is 10.8. The molecule has 5 N–H and O–H groups in total. The van der Waals surface area contributed by atoms with Gasteiger partial charge in [-0.2, -0.15) is 5.10 Å². The molecule has 0 saturated carbocycles. The van der Waals surface area contributed by atoms with Gasteiger partial charge in [0.1, 0.15) is 5.82 Å². The standard InChI is InChI=1S/C8H14N6S/c1-14-7(11-8(15)12-9)5-4-10-3-2-6(5)13-14/h10H,2-4,9H2,1H3,(H2,11,12,15). The van der Waals surface area contributed by atoms with Gasteiger partial charge in [0.25, 0.3) is 0 Å². The third-order valence-corrected chi connectivity index (χ3v) is 2.65. The zero-order valence-electron chi connectivity index (χ0n) is 8.50. The molecule has 2 heterocycles. The predicted molar refractivity (Wildman–Crippen MR) is 62.2 cm³/mol. The Kier molecular flexibility index (Phi) is 2.85. The van der Waals surface area contributed by atoms with Crippen LogP contribution in [0.1, 0.15) is 11.3 Å². The van der Waals surface area contributed by atoms with E-state index < -0.39 is 0 Å². The molecule has 1 aromatic heterocycles. The minimum Gasteiger partial charge on any atom is -0.316 e. The molecule has 0 spiro atoms. The first-order valence-corrected chi connectivity index (χ1v) is 5.16. The molecule has 82 valence electrons. The molecule has 0 aliphatic carbocycles. The molecule has 1 aromatic rings. The van der Waals surface area contributed by atoms with Crippen molar-refractivity contribution in [2.45, 2.75) is 13.0 Å². The van der Waals surface area contributed by atoms with Crippen LogP contribution in [0, 0.1) is 0 Å². The number of rotatable bonds is 1. The van der Waals surface area contributed by atoms with Crippen molar-refractivity contribution in [3.8, 4) is 0 Å². The molecule has 1 aliphatic heterocycles. The lowest BCUT2D eigenvalue weighted by Gasteiger charge is -2.14. The SMILES string of the molecule is Cn1nc2c(c1NC(=S)NN)CNCC2. The Bertz CT molecular complexity index is 385. The predicted octanol–water partition coefficient (Wildman–Crippen LogP) is -0.774. The highest BCUT2D eigenvalue weighted by molar-refractivity contribution is 7.80. The highest BCUT2D eigenvalue weighted by Gasteiger charge is 2.19. The van der Waals surface area contributed by atoms with Gasteiger partial charge in [0, 0.05) is 32.1 Å². The number of anilines is 1. The maximum Gasteiger partial charge on any atom is 0.186 e. The lowest BCUT2D eigenvalue weighted by molar-refractivity contribution is 0.633. The minimum absolute atomic E-state index is 0.395. The van der Waals surface area contributed by atoms with Gasteiger partial charge in [-0.25, -0.2) is 5.84 Å². The normalized spacial score (nSPS) is 14.5. The fourth-order valence-corrected chi connectivity index (χ4v) is 1.83.